The summed E-state index contributed by atoms with van der Waals surface area (Å²) in [4.78, 5) is 42.3. The molecule has 10 heteroatoms. The molecule has 9 nitrogen and oxygen atoms in total. The number of carbonyl (C=O) groups excluding carboxylic acids is 2. The Kier molecular flexibility index (Phi) is 7.97. The molecule has 3 aliphatic rings. The second-order valence-corrected chi connectivity index (χ2v) is 12.2. The third-order valence-corrected chi connectivity index (χ3v) is 7.71. The molecule has 0 aromatic heterocycles. The van der Waals surface area contributed by atoms with Gasteiger partial charge in [0.25, 0.3) is 5.91 Å². The van der Waals surface area contributed by atoms with Crippen molar-refractivity contribution >= 4 is 35.1 Å². The van der Waals surface area contributed by atoms with E-state index in [4.69, 9.17) is 25.8 Å². The van der Waals surface area contributed by atoms with Crippen molar-refractivity contribution in [3.8, 4) is 11.5 Å². The average Bonchev–Trinajstić information content (AvgIpc) is 3.02. The Morgan fingerprint density at radius 1 is 1.05 bits per heavy atom. The second kappa shape index (κ2) is 11.3. The molecule has 1 saturated heterocycles. The number of rotatable bonds is 5. The number of fused-ring (bicyclic) bond motifs is 2. The van der Waals surface area contributed by atoms with Crippen LogP contribution in [0.3, 0.4) is 0 Å². The normalized spacial score (nSPS) is 21.6. The first-order valence-corrected chi connectivity index (χ1v) is 14.0. The van der Waals surface area contributed by atoms with Crippen molar-refractivity contribution in [1.29, 1.82) is 0 Å². The van der Waals surface area contributed by atoms with E-state index in [0.717, 1.165) is 0 Å². The molecular formula is C30H35ClN2O7. The summed E-state index contributed by atoms with van der Waals surface area (Å²) in [5.41, 5.74) is 1.80. The highest BCUT2D eigenvalue weighted by Gasteiger charge is 2.41. The van der Waals surface area contributed by atoms with E-state index in [1.54, 1.807) is 21.9 Å². The van der Waals surface area contributed by atoms with Gasteiger partial charge in [-0.2, -0.15) is 0 Å². The Morgan fingerprint density at radius 2 is 1.77 bits per heavy atom. The zero-order chi connectivity index (χ0) is 28.6. The number of likely N-dealkylation sites (tertiary alicyclic amines) is 1. The third kappa shape index (κ3) is 5.90. The summed E-state index contributed by atoms with van der Waals surface area (Å²) in [6.45, 7) is 8.01. The molecule has 1 N–H and O–H groups in total. The van der Waals surface area contributed by atoms with Crippen molar-refractivity contribution in [3.63, 3.8) is 0 Å². The minimum Gasteiger partial charge on any atom is -0.486 e. The number of nitrogens with zero attached hydrogens (tertiary/aromatic N) is 2. The smallest absolute Gasteiger partial charge is 0.306 e. The predicted molar refractivity (Wildman–Crippen MR) is 149 cm³/mol. The number of piperidine rings is 1. The van der Waals surface area contributed by atoms with Crippen LogP contribution in [-0.4, -0.2) is 66.7 Å². The number of benzene rings is 2. The number of halogens is 1. The van der Waals surface area contributed by atoms with Gasteiger partial charge in [-0.25, -0.2) is 0 Å². The topological polar surface area (TPSA) is 106 Å². The molecule has 1 fully saturated rings. The van der Waals surface area contributed by atoms with Gasteiger partial charge in [0.05, 0.1) is 12.3 Å². The summed E-state index contributed by atoms with van der Waals surface area (Å²) in [6.07, 6.45) is -1.23. The number of ether oxygens (including phenoxy) is 3. The molecule has 214 valence electrons. The highest BCUT2D eigenvalue weighted by Crippen LogP contribution is 2.46. The molecule has 0 saturated carbocycles. The van der Waals surface area contributed by atoms with Gasteiger partial charge in [-0.15, -0.1) is 0 Å². The Balaban J connectivity index is 1.54. The zero-order valence-corrected chi connectivity index (χ0v) is 23.8. The van der Waals surface area contributed by atoms with Crippen LogP contribution in [-0.2, 0) is 19.1 Å². The summed E-state index contributed by atoms with van der Waals surface area (Å²) < 4.78 is 18.4. The lowest BCUT2D eigenvalue weighted by molar-refractivity contribution is -0.148. The van der Waals surface area contributed by atoms with Gasteiger partial charge >= 0.3 is 5.97 Å². The van der Waals surface area contributed by atoms with Crippen LogP contribution >= 0.6 is 11.6 Å². The maximum atomic E-state index is 14.2. The number of para-hydroxylation sites is 1. The number of carboxylic acids is 1. The number of amides is 2. The average molecular weight is 571 g/mol. The molecule has 0 radical (unpaired) electrons. The monoisotopic (exact) mass is 570 g/mol. The first-order chi connectivity index (χ1) is 19.0. The Morgan fingerprint density at radius 3 is 2.48 bits per heavy atom. The summed E-state index contributed by atoms with van der Waals surface area (Å²) in [5.74, 6) is -0.720. The first-order valence-electron chi connectivity index (χ1n) is 13.7. The molecule has 2 aromatic rings. The molecule has 3 heterocycles. The number of aliphatic carboxylic acids is 1. The molecule has 0 aliphatic carbocycles. The van der Waals surface area contributed by atoms with Crippen LogP contribution in [0.2, 0.25) is 5.02 Å². The molecule has 0 bridgehead atoms. The van der Waals surface area contributed by atoms with Gasteiger partial charge in [0.2, 0.25) is 5.91 Å². The van der Waals surface area contributed by atoms with Gasteiger partial charge in [0, 0.05) is 41.5 Å². The number of anilines is 1. The summed E-state index contributed by atoms with van der Waals surface area (Å²) >= 11 is 6.48. The van der Waals surface area contributed by atoms with Crippen molar-refractivity contribution < 1.29 is 33.7 Å². The van der Waals surface area contributed by atoms with Gasteiger partial charge < -0.3 is 29.1 Å². The van der Waals surface area contributed by atoms with Gasteiger partial charge in [-0.05, 0) is 42.5 Å². The fourth-order valence-electron chi connectivity index (χ4n) is 5.55. The molecule has 2 amide bonds. The van der Waals surface area contributed by atoms with E-state index in [9.17, 15) is 19.5 Å². The van der Waals surface area contributed by atoms with Gasteiger partial charge in [0.1, 0.15) is 25.4 Å². The SMILES string of the molecule is CC(C)(C)CN1C(=O)[C@H](CC(=O)N2CCC(C(=O)O)CC2)O[C@@H](c2cccc3c2OCCO3)c2cc(Cl)ccc21. The Bertz CT molecular complexity index is 1300. The maximum Gasteiger partial charge on any atom is 0.306 e. The zero-order valence-electron chi connectivity index (χ0n) is 23.0. The lowest BCUT2D eigenvalue weighted by atomic mass is 9.94. The van der Waals surface area contributed by atoms with Crippen LogP contribution in [0.25, 0.3) is 0 Å². The van der Waals surface area contributed by atoms with Crippen molar-refractivity contribution in [2.75, 3.05) is 37.7 Å². The number of carbonyl (C=O) groups is 3. The van der Waals surface area contributed by atoms with E-state index < -0.39 is 24.1 Å². The van der Waals surface area contributed by atoms with E-state index in [2.05, 4.69) is 0 Å². The van der Waals surface area contributed by atoms with Gasteiger partial charge in [0.15, 0.2) is 11.5 Å². The number of hydrogen-bond acceptors (Lipinski definition) is 6. The highest BCUT2D eigenvalue weighted by molar-refractivity contribution is 6.30. The Hall–Kier alpha value is -3.30. The van der Waals surface area contributed by atoms with Crippen LogP contribution in [0.5, 0.6) is 11.5 Å². The van der Waals surface area contributed by atoms with Crippen molar-refractivity contribution in [2.45, 2.75) is 52.2 Å². The lowest BCUT2D eigenvalue weighted by Crippen LogP contribution is -2.47. The molecule has 40 heavy (non-hydrogen) atoms. The molecule has 5 rings (SSSR count). The summed E-state index contributed by atoms with van der Waals surface area (Å²) in [7, 11) is 0. The van der Waals surface area contributed by atoms with E-state index in [1.807, 2.05) is 45.0 Å². The second-order valence-electron chi connectivity index (χ2n) is 11.8. The van der Waals surface area contributed by atoms with Gasteiger partial charge in [-0.1, -0.05) is 44.5 Å². The van der Waals surface area contributed by atoms with Crippen molar-refractivity contribution in [2.24, 2.45) is 11.3 Å². The minimum atomic E-state index is -1.08. The van der Waals surface area contributed by atoms with Crippen LogP contribution in [0, 0.1) is 11.3 Å². The maximum absolute atomic E-state index is 14.2. The first kappa shape index (κ1) is 28.2. The fourth-order valence-corrected chi connectivity index (χ4v) is 5.73. The standard InChI is InChI=1S/C30H35ClN2O7/c1-30(2,3)17-33-22-8-7-19(31)15-21(22)26(20-5-4-6-23-27(20)39-14-13-38-23)40-24(28(33)35)16-25(34)32-11-9-18(10-12-32)29(36)37/h4-8,15,18,24,26H,9-14,16-17H2,1-3H3,(H,36,37)/t24-,26-/m0/s1. The molecule has 2 aromatic carbocycles. The molecule has 0 spiro atoms. The van der Waals surface area contributed by atoms with Crippen LogP contribution in [0.4, 0.5) is 5.69 Å². The minimum absolute atomic E-state index is 0.165. The molecule has 3 aliphatic heterocycles. The molecule has 0 unspecified atom stereocenters. The van der Waals surface area contributed by atoms with E-state index in [1.165, 1.54) is 0 Å². The van der Waals surface area contributed by atoms with E-state index in [-0.39, 0.29) is 23.7 Å². The number of carboxylic acid groups (broad SMARTS) is 1. The fraction of sp³-hybridized carbons (Fsp3) is 0.500. The molecule has 2 atom stereocenters. The summed E-state index contributed by atoms with van der Waals surface area (Å²) in [5, 5.41) is 9.83. The predicted octanol–water partition coefficient (Wildman–Crippen LogP) is 4.69. The Labute approximate surface area is 238 Å². The van der Waals surface area contributed by atoms with E-state index in [0.29, 0.717) is 79.0 Å². The third-order valence-electron chi connectivity index (χ3n) is 7.47. The lowest BCUT2D eigenvalue weighted by Gasteiger charge is -2.33. The quantitative estimate of drug-likeness (QED) is 0.556. The van der Waals surface area contributed by atoms with Crippen LogP contribution < -0.4 is 14.4 Å². The molecular weight excluding hydrogens is 536 g/mol. The highest BCUT2D eigenvalue weighted by atomic mass is 35.5. The van der Waals surface area contributed by atoms with Crippen molar-refractivity contribution in [3.05, 3.63) is 52.5 Å². The largest absolute Gasteiger partial charge is 0.486 e. The van der Waals surface area contributed by atoms with Crippen LogP contribution in [0.1, 0.15) is 57.3 Å². The number of hydrogen-bond donors (Lipinski definition) is 1. The van der Waals surface area contributed by atoms with Gasteiger partial charge in [-0.3, -0.25) is 14.4 Å². The van der Waals surface area contributed by atoms with Crippen molar-refractivity contribution in [1.82, 2.24) is 4.90 Å². The summed E-state index contributed by atoms with van der Waals surface area (Å²) in [6, 6.07) is 10.9. The van der Waals surface area contributed by atoms with E-state index >= 15 is 0 Å². The van der Waals surface area contributed by atoms with Crippen LogP contribution in [0.15, 0.2) is 36.4 Å².